The van der Waals surface area contributed by atoms with Crippen molar-refractivity contribution in [2.24, 2.45) is 0 Å². The molecule has 2 N–H and O–H groups in total. The summed E-state index contributed by atoms with van der Waals surface area (Å²) in [6.07, 6.45) is 0. The van der Waals surface area contributed by atoms with Gasteiger partial charge in [0, 0.05) is 17.3 Å². The molecular weight excluding hydrogens is 316 g/mol. The molecule has 1 aliphatic heterocycles. The summed E-state index contributed by atoms with van der Waals surface area (Å²) < 4.78 is 15.8. The Morgan fingerprint density at radius 3 is 2.65 bits per heavy atom. The average Bonchev–Trinajstić information content (AvgIpc) is 2.53. The second kappa shape index (κ2) is 7.32. The molecule has 7 heteroatoms. The van der Waals surface area contributed by atoms with Crippen molar-refractivity contribution in [1.82, 2.24) is 10.6 Å². The van der Waals surface area contributed by atoms with Crippen molar-refractivity contribution in [3.05, 3.63) is 35.0 Å². The van der Waals surface area contributed by atoms with Crippen LogP contribution in [-0.4, -0.2) is 31.9 Å². The van der Waals surface area contributed by atoms with Crippen LogP contribution < -0.4 is 20.1 Å². The molecule has 1 heterocycles. The molecular formula is C16H20N2O4S. The first-order valence-corrected chi connectivity index (χ1v) is 7.60. The van der Waals surface area contributed by atoms with Crippen molar-refractivity contribution in [1.29, 1.82) is 0 Å². The fraction of sp³-hybridized carbons (Fsp3) is 0.375. The minimum atomic E-state index is -0.455. The third-order valence-corrected chi connectivity index (χ3v) is 3.74. The quantitative estimate of drug-likeness (QED) is 0.630. The van der Waals surface area contributed by atoms with Gasteiger partial charge in [0.15, 0.2) is 5.11 Å². The van der Waals surface area contributed by atoms with E-state index in [1.54, 1.807) is 34.1 Å². The number of allylic oxidation sites excluding steroid dienone is 1. The summed E-state index contributed by atoms with van der Waals surface area (Å²) in [5.41, 5.74) is 1.92. The second-order valence-corrected chi connectivity index (χ2v) is 5.31. The molecule has 23 heavy (non-hydrogen) atoms. The Bertz CT molecular complexity index is 657. The highest BCUT2D eigenvalue weighted by Crippen LogP contribution is 2.35. The molecule has 0 aliphatic carbocycles. The number of benzene rings is 1. The molecule has 0 saturated carbocycles. The van der Waals surface area contributed by atoms with Crippen LogP contribution in [-0.2, 0) is 9.53 Å². The molecule has 124 valence electrons. The van der Waals surface area contributed by atoms with E-state index in [9.17, 15) is 4.79 Å². The number of carbonyl (C=O) groups excluding carboxylic acids is 1. The summed E-state index contributed by atoms with van der Waals surface area (Å²) in [5.74, 6) is 0.872. The van der Waals surface area contributed by atoms with Gasteiger partial charge in [0.2, 0.25) is 0 Å². The molecule has 0 saturated heterocycles. The van der Waals surface area contributed by atoms with E-state index in [0.29, 0.717) is 34.5 Å². The molecule has 6 nitrogen and oxygen atoms in total. The third kappa shape index (κ3) is 3.56. The number of esters is 1. The van der Waals surface area contributed by atoms with Gasteiger partial charge in [-0.2, -0.15) is 0 Å². The Hall–Kier alpha value is -2.28. The van der Waals surface area contributed by atoms with Crippen molar-refractivity contribution in [3.8, 4) is 11.5 Å². The molecule has 0 amide bonds. The average molecular weight is 336 g/mol. The summed E-state index contributed by atoms with van der Waals surface area (Å²) in [4.78, 5) is 12.4. The monoisotopic (exact) mass is 336 g/mol. The van der Waals surface area contributed by atoms with Gasteiger partial charge in [0.05, 0.1) is 32.4 Å². The van der Waals surface area contributed by atoms with E-state index in [-0.39, 0.29) is 0 Å². The lowest BCUT2D eigenvalue weighted by Crippen LogP contribution is -2.45. The zero-order valence-corrected chi connectivity index (χ0v) is 14.4. The normalized spacial score (nSPS) is 17.2. The maximum Gasteiger partial charge on any atom is 0.338 e. The van der Waals surface area contributed by atoms with E-state index < -0.39 is 12.0 Å². The Kier molecular flexibility index (Phi) is 5.44. The van der Waals surface area contributed by atoms with Crippen LogP contribution in [0.4, 0.5) is 0 Å². The molecule has 0 unspecified atom stereocenters. The Morgan fingerprint density at radius 1 is 1.30 bits per heavy atom. The van der Waals surface area contributed by atoms with Crippen LogP contribution in [0.1, 0.15) is 25.5 Å². The molecule has 1 aromatic rings. The lowest BCUT2D eigenvalue weighted by atomic mass is 9.94. The van der Waals surface area contributed by atoms with Crippen LogP contribution >= 0.6 is 12.2 Å². The zero-order valence-electron chi connectivity index (χ0n) is 13.6. The van der Waals surface area contributed by atoms with Gasteiger partial charge in [-0.05, 0) is 38.2 Å². The highest BCUT2D eigenvalue weighted by Gasteiger charge is 2.32. The highest BCUT2D eigenvalue weighted by molar-refractivity contribution is 7.80. The van der Waals surface area contributed by atoms with Gasteiger partial charge in [0.25, 0.3) is 0 Å². The van der Waals surface area contributed by atoms with Gasteiger partial charge >= 0.3 is 5.97 Å². The van der Waals surface area contributed by atoms with Gasteiger partial charge in [0.1, 0.15) is 11.5 Å². The smallest absolute Gasteiger partial charge is 0.338 e. The minimum absolute atomic E-state index is 0.298. The van der Waals surface area contributed by atoms with Crippen LogP contribution in [0.15, 0.2) is 29.5 Å². The predicted molar refractivity (Wildman–Crippen MR) is 90.5 cm³/mol. The van der Waals surface area contributed by atoms with E-state index in [1.807, 2.05) is 12.1 Å². The van der Waals surface area contributed by atoms with E-state index >= 15 is 0 Å². The van der Waals surface area contributed by atoms with Gasteiger partial charge < -0.3 is 24.8 Å². The van der Waals surface area contributed by atoms with Gasteiger partial charge in [-0.15, -0.1) is 0 Å². The van der Waals surface area contributed by atoms with E-state index in [2.05, 4.69) is 10.6 Å². The van der Waals surface area contributed by atoms with Gasteiger partial charge in [-0.25, -0.2) is 4.79 Å². The number of ether oxygens (including phenoxy) is 3. The first-order valence-electron chi connectivity index (χ1n) is 7.19. The molecule has 0 radical (unpaired) electrons. The standard InChI is InChI=1S/C16H20N2O4S/c1-5-22-15(19)13-9(2)17-16(23)18-14(13)11-7-6-10(20-3)8-12(11)21-4/h6-8,14H,5H2,1-4H3,(H2,17,18,23)/t14-/m1/s1. The van der Waals surface area contributed by atoms with E-state index in [4.69, 9.17) is 26.4 Å². The fourth-order valence-electron chi connectivity index (χ4n) is 2.46. The second-order valence-electron chi connectivity index (χ2n) is 4.90. The Labute approximate surface area is 140 Å². The molecule has 0 fully saturated rings. The molecule has 0 aromatic heterocycles. The molecule has 0 spiro atoms. The largest absolute Gasteiger partial charge is 0.497 e. The third-order valence-electron chi connectivity index (χ3n) is 3.52. The Morgan fingerprint density at radius 2 is 2.04 bits per heavy atom. The fourth-order valence-corrected chi connectivity index (χ4v) is 2.73. The molecule has 0 bridgehead atoms. The van der Waals surface area contributed by atoms with E-state index in [1.165, 1.54) is 0 Å². The summed E-state index contributed by atoms with van der Waals surface area (Å²) in [6.45, 7) is 3.86. The number of rotatable bonds is 5. The van der Waals surface area contributed by atoms with Crippen LogP contribution in [0, 0.1) is 0 Å². The summed E-state index contributed by atoms with van der Waals surface area (Å²) in [6, 6.07) is 4.96. The van der Waals surface area contributed by atoms with Gasteiger partial charge in [-0.3, -0.25) is 0 Å². The van der Waals surface area contributed by atoms with Crippen molar-refractivity contribution >= 4 is 23.3 Å². The molecule has 2 rings (SSSR count). The number of hydrogen-bond donors (Lipinski definition) is 2. The van der Waals surface area contributed by atoms with Crippen molar-refractivity contribution < 1.29 is 19.0 Å². The van der Waals surface area contributed by atoms with Crippen molar-refractivity contribution in [3.63, 3.8) is 0 Å². The predicted octanol–water partition coefficient (Wildman–Crippen LogP) is 2.06. The number of nitrogens with one attached hydrogen (secondary N) is 2. The topological polar surface area (TPSA) is 68.8 Å². The highest BCUT2D eigenvalue weighted by atomic mass is 32.1. The maximum atomic E-state index is 12.4. The summed E-state index contributed by atoms with van der Waals surface area (Å²) >= 11 is 5.22. The summed E-state index contributed by atoms with van der Waals surface area (Å²) in [5, 5.41) is 6.51. The SMILES string of the molecule is CCOC(=O)C1=C(C)NC(=S)N[C@@H]1c1ccc(OC)cc1OC. The number of methoxy groups -OCH3 is 2. The maximum absolute atomic E-state index is 12.4. The Balaban J connectivity index is 2.52. The van der Waals surface area contributed by atoms with E-state index in [0.717, 1.165) is 5.56 Å². The lowest BCUT2D eigenvalue weighted by molar-refractivity contribution is -0.139. The molecule has 1 aliphatic rings. The lowest BCUT2D eigenvalue weighted by Gasteiger charge is -2.30. The van der Waals surface area contributed by atoms with Crippen LogP contribution in [0.5, 0.6) is 11.5 Å². The number of carbonyl (C=O) groups is 1. The molecule has 1 aromatic carbocycles. The van der Waals surface area contributed by atoms with Crippen LogP contribution in [0.25, 0.3) is 0 Å². The zero-order chi connectivity index (χ0) is 17.0. The molecule has 1 atom stereocenters. The van der Waals surface area contributed by atoms with Gasteiger partial charge in [-0.1, -0.05) is 0 Å². The van der Waals surface area contributed by atoms with Crippen molar-refractivity contribution in [2.75, 3.05) is 20.8 Å². The minimum Gasteiger partial charge on any atom is -0.497 e. The number of thiocarbonyl (C=S) groups is 1. The van der Waals surface area contributed by atoms with Crippen molar-refractivity contribution in [2.45, 2.75) is 19.9 Å². The first kappa shape index (κ1) is 17.1. The summed E-state index contributed by atoms with van der Waals surface area (Å²) in [7, 11) is 3.15. The van der Waals surface area contributed by atoms with Crippen LogP contribution in [0.2, 0.25) is 0 Å². The van der Waals surface area contributed by atoms with Crippen LogP contribution in [0.3, 0.4) is 0 Å². The first-order chi connectivity index (χ1) is 11.0. The number of hydrogen-bond acceptors (Lipinski definition) is 5.